The Bertz CT molecular complexity index is 790. The smallest absolute Gasteiger partial charge is 0.337 e. The Labute approximate surface area is 133 Å². The second-order valence-electron chi connectivity index (χ2n) is 4.45. The zero-order chi connectivity index (χ0) is 16.3. The average molecular weight is 340 g/mol. The number of sulfonamides is 1. The number of hydrogen-bond donors (Lipinski definition) is 1. The average Bonchev–Trinajstić information content (AvgIpc) is 2.48. The van der Waals surface area contributed by atoms with Crippen LogP contribution >= 0.6 is 11.6 Å². The second kappa shape index (κ2) is 6.37. The van der Waals surface area contributed by atoms with Gasteiger partial charge in [0.25, 0.3) is 10.0 Å². The third-order valence-electron chi connectivity index (χ3n) is 3.09. The second-order valence-corrected chi connectivity index (χ2v) is 6.72. The Morgan fingerprint density at radius 3 is 2.36 bits per heavy atom. The van der Waals surface area contributed by atoms with Gasteiger partial charge in [-0.05, 0) is 37.3 Å². The van der Waals surface area contributed by atoms with E-state index in [0.717, 1.165) is 6.07 Å². The molecule has 0 atom stereocenters. The van der Waals surface area contributed by atoms with E-state index in [1.807, 2.05) is 0 Å². The number of aromatic carboxylic acids is 1. The number of nitrogens with zero attached hydrogens (tertiary/aromatic N) is 1. The van der Waals surface area contributed by atoms with Gasteiger partial charge in [0.1, 0.15) is 0 Å². The number of anilines is 1. The van der Waals surface area contributed by atoms with Crippen molar-refractivity contribution in [1.29, 1.82) is 0 Å². The molecule has 0 bridgehead atoms. The number of rotatable bonds is 5. The van der Waals surface area contributed by atoms with E-state index in [2.05, 4.69) is 0 Å². The molecule has 0 radical (unpaired) electrons. The van der Waals surface area contributed by atoms with Crippen molar-refractivity contribution >= 4 is 33.3 Å². The van der Waals surface area contributed by atoms with Crippen molar-refractivity contribution in [3.63, 3.8) is 0 Å². The minimum absolute atomic E-state index is 0.00536. The maximum absolute atomic E-state index is 12.7. The molecule has 2 aromatic carbocycles. The first-order chi connectivity index (χ1) is 10.4. The van der Waals surface area contributed by atoms with Gasteiger partial charge < -0.3 is 5.11 Å². The topological polar surface area (TPSA) is 74.7 Å². The fourth-order valence-corrected chi connectivity index (χ4v) is 3.74. The van der Waals surface area contributed by atoms with Gasteiger partial charge in [-0.3, -0.25) is 4.31 Å². The lowest BCUT2D eigenvalue weighted by molar-refractivity contribution is 0.0697. The predicted molar refractivity (Wildman–Crippen MR) is 85.1 cm³/mol. The van der Waals surface area contributed by atoms with Gasteiger partial charge in [0.05, 0.1) is 21.2 Å². The number of halogens is 1. The highest BCUT2D eigenvalue weighted by atomic mass is 35.5. The quantitative estimate of drug-likeness (QED) is 0.907. The number of para-hydroxylation sites is 1. The lowest BCUT2D eigenvalue weighted by Crippen LogP contribution is -2.30. The van der Waals surface area contributed by atoms with E-state index in [1.165, 1.54) is 16.4 Å². The van der Waals surface area contributed by atoms with Crippen molar-refractivity contribution < 1.29 is 18.3 Å². The van der Waals surface area contributed by atoms with Crippen LogP contribution in [0.3, 0.4) is 0 Å². The van der Waals surface area contributed by atoms with Crippen molar-refractivity contribution in [2.75, 3.05) is 10.8 Å². The molecule has 116 valence electrons. The van der Waals surface area contributed by atoms with Crippen molar-refractivity contribution in [3.05, 3.63) is 59.1 Å². The molecule has 0 saturated carbocycles. The van der Waals surface area contributed by atoms with E-state index < -0.39 is 16.0 Å². The van der Waals surface area contributed by atoms with Crippen LogP contribution in [-0.2, 0) is 10.0 Å². The van der Waals surface area contributed by atoms with Crippen LogP contribution in [0.1, 0.15) is 17.3 Å². The van der Waals surface area contributed by atoms with Gasteiger partial charge in [-0.2, -0.15) is 0 Å². The SMILES string of the molecule is CCN(c1ccccc1)S(=O)(=O)c1ccc(Cl)c(C(=O)O)c1. The molecule has 0 unspecified atom stereocenters. The third kappa shape index (κ3) is 3.08. The largest absolute Gasteiger partial charge is 0.478 e. The molecule has 2 aromatic rings. The Balaban J connectivity index is 2.54. The molecule has 2 rings (SSSR count). The Kier molecular flexibility index (Phi) is 4.73. The van der Waals surface area contributed by atoms with Crippen LogP contribution < -0.4 is 4.31 Å². The summed E-state index contributed by atoms with van der Waals surface area (Å²) in [5.41, 5.74) is 0.267. The molecule has 22 heavy (non-hydrogen) atoms. The highest BCUT2D eigenvalue weighted by molar-refractivity contribution is 7.92. The number of benzene rings is 2. The van der Waals surface area contributed by atoms with Gasteiger partial charge in [-0.15, -0.1) is 0 Å². The molecule has 0 saturated heterocycles. The number of carboxylic acid groups (broad SMARTS) is 1. The summed E-state index contributed by atoms with van der Waals surface area (Å²) < 4.78 is 26.7. The Hall–Kier alpha value is -2.05. The van der Waals surface area contributed by atoms with Crippen LogP contribution in [0.25, 0.3) is 0 Å². The van der Waals surface area contributed by atoms with Crippen LogP contribution in [0.2, 0.25) is 5.02 Å². The minimum Gasteiger partial charge on any atom is -0.478 e. The van der Waals surface area contributed by atoms with Crippen LogP contribution in [0.15, 0.2) is 53.4 Å². The molecular weight excluding hydrogens is 326 g/mol. The van der Waals surface area contributed by atoms with Gasteiger partial charge in [-0.1, -0.05) is 29.8 Å². The predicted octanol–water partition coefficient (Wildman–Crippen LogP) is 3.25. The zero-order valence-electron chi connectivity index (χ0n) is 11.7. The van der Waals surface area contributed by atoms with E-state index in [4.69, 9.17) is 16.7 Å². The van der Waals surface area contributed by atoms with E-state index in [1.54, 1.807) is 37.3 Å². The Morgan fingerprint density at radius 1 is 1.18 bits per heavy atom. The molecule has 5 nitrogen and oxygen atoms in total. The summed E-state index contributed by atoms with van der Waals surface area (Å²) in [4.78, 5) is 11.0. The van der Waals surface area contributed by atoms with E-state index in [9.17, 15) is 13.2 Å². The summed E-state index contributed by atoms with van der Waals surface area (Å²) >= 11 is 5.78. The zero-order valence-corrected chi connectivity index (χ0v) is 13.3. The molecule has 7 heteroatoms. The summed E-state index contributed by atoms with van der Waals surface area (Å²) in [6, 6.07) is 12.3. The van der Waals surface area contributed by atoms with Crippen LogP contribution in [0.4, 0.5) is 5.69 Å². The molecule has 0 heterocycles. The van der Waals surface area contributed by atoms with Gasteiger partial charge in [0.2, 0.25) is 0 Å². The molecule has 0 aromatic heterocycles. The molecule has 0 spiro atoms. The van der Waals surface area contributed by atoms with Crippen LogP contribution in [0.5, 0.6) is 0 Å². The van der Waals surface area contributed by atoms with E-state index >= 15 is 0 Å². The monoisotopic (exact) mass is 339 g/mol. The Morgan fingerprint density at radius 2 is 1.82 bits per heavy atom. The summed E-state index contributed by atoms with van der Waals surface area (Å²) in [6.07, 6.45) is 0. The van der Waals surface area contributed by atoms with Crippen LogP contribution in [-0.4, -0.2) is 26.0 Å². The lowest BCUT2D eigenvalue weighted by atomic mass is 10.2. The fraction of sp³-hybridized carbons (Fsp3) is 0.133. The summed E-state index contributed by atoms with van der Waals surface area (Å²) in [5, 5.41) is 9.07. The van der Waals surface area contributed by atoms with Gasteiger partial charge in [0.15, 0.2) is 0 Å². The van der Waals surface area contributed by atoms with E-state index in [0.29, 0.717) is 5.69 Å². The molecule has 0 aliphatic heterocycles. The first kappa shape index (κ1) is 16.3. The molecule has 0 aliphatic carbocycles. The highest BCUT2D eigenvalue weighted by Gasteiger charge is 2.25. The lowest BCUT2D eigenvalue weighted by Gasteiger charge is -2.23. The summed E-state index contributed by atoms with van der Waals surface area (Å²) in [7, 11) is -3.87. The minimum atomic E-state index is -3.87. The van der Waals surface area contributed by atoms with Crippen molar-refractivity contribution in [2.45, 2.75) is 11.8 Å². The number of carbonyl (C=O) groups is 1. The highest BCUT2D eigenvalue weighted by Crippen LogP contribution is 2.26. The molecule has 0 fully saturated rings. The number of carboxylic acids is 1. The molecule has 1 N–H and O–H groups in total. The summed E-state index contributed by atoms with van der Waals surface area (Å²) in [6.45, 7) is 1.93. The number of hydrogen-bond acceptors (Lipinski definition) is 3. The first-order valence-electron chi connectivity index (χ1n) is 6.48. The van der Waals surface area contributed by atoms with Crippen molar-refractivity contribution in [2.24, 2.45) is 0 Å². The van der Waals surface area contributed by atoms with Gasteiger partial charge >= 0.3 is 5.97 Å². The van der Waals surface area contributed by atoms with Gasteiger partial charge in [0, 0.05) is 6.54 Å². The molecule has 0 aliphatic rings. The summed E-state index contributed by atoms with van der Waals surface area (Å²) in [5.74, 6) is -1.27. The van der Waals surface area contributed by atoms with Crippen molar-refractivity contribution in [3.8, 4) is 0 Å². The standard InChI is InChI=1S/C15H14ClNO4S/c1-2-17(11-6-4-3-5-7-11)22(20,21)12-8-9-14(16)13(10-12)15(18)19/h3-10H,2H2,1H3,(H,18,19). The van der Waals surface area contributed by atoms with Crippen LogP contribution in [0, 0.1) is 0 Å². The molecular formula is C15H14ClNO4S. The van der Waals surface area contributed by atoms with Crippen molar-refractivity contribution in [1.82, 2.24) is 0 Å². The molecule has 0 amide bonds. The normalized spacial score (nSPS) is 11.2. The fourth-order valence-electron chi connectivity index (χ4n) is 2.04. The third-order valence-corrected chi connectivity index (χ3v) is 5.32. The maximum Gasteiger partial charge on any atom is 0.337 e. The van der Waals surface area contributed by atoms with E-state index in [-0.39, 0.29) is 22.0 Å². The van der Waals surface area contributed by atoms with Gasteiger partial charge in [-0.25, -0.2) is 13.2 Å². The first-order valence-corrected chi connectivity index (χ1v) is 8.30. The maximum atomic E-state index is 12.7.